The summed E-state index contributed by atoms with van der Waals surface area (Å²) in [4.78, 5) is 0. The fourth-order valence-corrected chi connectivity index (χ4v) is 3.28. The first-order valence-corrected chi connectivity index (χ1v) is 5.83. The van der Waals surface area contributed by atoms with Crippen molar-refractivity contribution in [2.45, 2.75) is 25.9 Å². The highest BCUT2D eigenvalue weighted by atomic mass is 32.2. The second kappa shape index (κ2) is 5.07. The third kappa shape index (κ3) is 2.63. The van der Waals surface area contributed by atoms with Gasteiger partial charge in [0, 0.05) is 0 Å². The summed E-state index contributed by atoms with van der Waals surface area (Å²) in [6, 6.07) is 0. The smallest absolute Gasteiger partial charge is 0.100 e. The van der Waals surface area contributed by atoms with Gasteiger partial charge in [0.1, 0.15) is 6.17 Å². The van der Waals surface area contributed by atoms with Crippen LogP contribution >= 0.6 is 11.8 Å². The molecule has 12 heavy (non-hydrogen) atoms. The van der Waals surface area contributed by atoms with Gasteiger partial charge in [-0.25, -0.2) is 4.39 Å². The second-order valence-electron chi connectivity index (χ2n) is 3.54. The molecule has 1 heterocycles. The largest absolute Gasteiger partial charge is 0.330 e. The SMILES string of the molecule is CC(F)C(CCN)C1CCSC1. The Kier molecular flexibility index (Phi) is 4.36. The average Bonchev–Trinajstić information content (AvgIpc) is 2.51. The molecule has 0 spiro atoms. The van der Waals surface area contributed by atoms with Gasteiger partial charge in [-0.3, -0.25) is 0 Å². The predicted octanol–water partition coefficient (Wildman–Crippen LogP) is 2.06. The topological polar surface area (TPSA) is 26.0 Å². The van der Waals surface area contributed by atoms with E-state index < -0.39 is 6.17 Å². The van der Waals surface area contributed by atoms with Crippen LogP contribution in [0.3, 0.4) is 0 Å². The molecule has 0 aromatic heterocycles. The van der Waals surface area contributed by atoms with Gasteiger partial charge in [-0.15, -0.1) is 0 Å². The van der Waals surface area contributed by atoms with Gasteiger partial charge >= 0.3 is 0 Å². The van der Waals surface area contributed by atoms with E-state index in [9.17, 15) is 4.39 Å². The Bertz CT molecular complexity index is 124. The van der Waals surface area contributed by atoms with Gasteiger partial charge in [0.2, 0.25) is 0 Å². The Hall–Kier alpha value is 0.240. The van der Waals surface area contributed by atoms with Crippen LogP contribution in [-0.2, 0) is 0 Å². The second-order valence-corrected chi connectivity index (χ2v) is 4.69. The lowest BCUT2D eigenvalue weighted by molar-refractivity contribution is 0.183. The minimum Gasteiger partial charge on any atom is -0.330 e. The number of rotatable bonds is 4. The lowest BCUT2D eigenvalue weighted by Gasteiger charge is -2.23. The van der Waals surface area contributed by atoms with Gasteiger partial charge in [-0.1, -0.05) is 0 Å². The van der Waals surface area contributed by atoms with E-state index >= 15 is 0 Å². The fraction of sp³-hybridized carbons (Fsp3) is 1.00. The number of thioether (sulfide) groups is 1. The normalized spacial score (nSPS) is 28.8. The maximum absolute atomic E-state index is 13.1. The molecule has 0 saturated carbocycles. The molecule has 1 rings (SSSR count). The van der Waals surface area contributed by atoms with Crippen molar-refractivity contribution < 1.29 is 4.39 Å². The summed E-state index contributed by atoms with van der Waals surface area (Å²) in [6.07, 6.45) is 1.35. The highest BCUT2D eigenvalue weighted by molar-refractivity contribution is 7.99. The van der Waals surface area contributed by atoms with E-state index in [2.05, 4.69) is 0 Å². The number of nitrogens with two attached hydrogens (primary N) is 1. The fourth-order valence-electron chi connectivity index (χ4n) is 1.92. The first-order valence-electron chi connectivity index (χ1n) is 4.67. The Morgan fingerprint density at radius 2 is 2.42 bits per heavy atom. The maximum Gasteiger partial charge on any atom is 0.100 e. The van der Waals surface area contributed by atoms with Crippen LogP contribution in [-0.4, -0.2) is 24.2 Å². The Morgan fingerprint density at radius 1 is 1.67 bits per heavy atom. The summed E-state index contributed by atoms with van der Waals surface area (Å²) < 4.78 is 13.1. The number of hydrogen-bond donors (Lipinski definition) is 1. The molecule has 1 aliphatic heterocycles. The molecule has 3 atom stereocenters. The highest BCUT2D eigenvalue weighted by Gasteiger charge is 2.28. The molecule has 1 nitrogen and oxygen atoms in total. The van der Waals surface area contributed by atoms with Crippen LogP contribution < -0.4 is 5.73 Å². The molecule has 0 radical (unpaired) electrons. The van der Waals surface area contributed by atoms with Crippen molar-refractivity contribution in [3.8, 4) is 0 Å². The summed E-state index contributed by atoms with van der Waals surface area (Å²) >= 11 is 1.95. The Balaban J connectivity index is 2.40. The standard InChI is InChI=1S/C9H18FNS/c1-7(10)9(2-4-11)8-3-5-12-6-8/h7-9H,2-6,11H2,1H3. The molecule has 1 aliphatic rings. The number of alkyl halides is 1. The van der Waals surface area contributed by atoms with Crippen molar-refractivity contribution in [3.63, 3.8) is 0 Å². The van der Waals surface area contributed by atoms with Gasteiger partial charge in [-0.05, 0) is 49.7 Å². The van der Waals surface area contributed by atoms with Crippen molar-refractivity contribution in [2.75, 3.05) is 18.1 Å². The third-order valence-corrected chi connectivity index (χ3v) is 3.85. The molecule has 3 unspecified atom stereocenters. The highest BCUT2D eigenvalue weighted by Crippen LogP contribution is 2.33. The van der Waals surface area contributed by atoms with Gasteiger partial charge < -0.3 is 5.73 Å². The molecule has 72 valence electrons. The quantitative estimate of drug-likeness (QED) is 0.736. The molecule has 0 aromatic rings. The van der Waals surface area contributed by atoms with E-state index in [1.165, 1.54) is 12.2 Å². The molecule has 0 bridgehead atoms. The van der Waals surface area contributed by atoms with E-state index in [4.69, 9.17) is 5.73 Å². The van der Waals surface area contributed by atoms with Crippen LogP contribution in [0.2, 0.25) is 0 Å². The summed E-state index contributed by atoms with van der Waals surface area (Å²) in [7, 11) is 0. The van der Waals surface area contributed by atoms with Crippen LogP contribution in [0.25, 0.3) is 0 Å². The van der Waals surface area contributed by atoms with Gasteiger partial charge in [0.05, 0.1) is 0 Å². The molecule has 0 aliphatic carbocycles. The van der Waals surface area contributed by atoms with E-state index in [1.54, 1.807) is 6.92 Å². The maximum atomic E-state index is 13.1. The van der Waals surface area contributed by atoms with Crippen molar-refractivity contribution >= 4 is 11.8 Å². The van der Waals surface area contributed by atoms with Crippen LogP contribution in [0, 0.1) is 11.8 Å². The van der Waals surface area contributed by atoms with E-state index in [1.807, 2.05) is 11.8 Å². The van der Waals surface area contributed by atoms with E-state index in [0.29, 0.717) is 12.5 Å². The van der Waals surface area contributed by atoms with Crippen LogP contribution in [0.4, 0.5) is 4.39 Å². The van der Waals surface area contributed by atoms with Gasteiger partial charge in [-0.2, -0.15) is 11.8 Å². The first-order chi connectivity index (χ1) is 5.75. The zero-order valence-corrected chi connectivity index (χ0v) is 8.45. The summed E-state index contributed by atoms with van der Waals surface area (Å²) in [5, 5.41) is 0. The van der Waals surface area contributed by atoms with Crippen LogP contribution in [0.15, 0.2) is 0 Å². The van der Waals surface area contributed by atoms with Crippen molar-refractivity contribution in [2.24, 2.45) is 17.6 Å². The lowest BCUT2D eigenvalue weighted by atomic mass is 9.86. The molecule has 0 aromatic carbocycles. The Morgan fingerprint density at radius 3 is 2.83 bits per heavy atom. The molecule has 0 amide bonds. The number of halogens is 1. The van der Waals surface area contributed by atoms with Crippen LogP contribution in [0.1, 0.15) is 19.8 Å². The zero-order valence-electron chi connectivity index (χ0n) is 7.63. The summed E-state index contributed by atoms with van der Waals surface area (Å²) in [5.74, 6) is 3.14. The minimum atomic E-state index is -0.683. The summed E-state index contributed by atoms with van der Waals surface area (Å²) in [6.45, 7) is 2.30. The number of hydrogen-bond acceptors (Lipinski definition) is 2. The molecular formula is C9H18FNS. The average molecular weight is 191 g/mol. The van der Waals surface area contributed by atoms with Crippen molar-refractivity contribution in [3.05, 3.63) is 0 Å². The van der Waals surface area contributed by atoms with E-state index in [-0.39, 0.29) is 5.92 Å². The molecule has 3 heteroatoms. The first kappa shape index (κ1) is 10.3. The predicted molar refractivity (Wildman–Crippen MR) is 53.2 cm³/mol. The van der Waals surface area contributed by atoms with Crippen molar-refractivity contribution in [1.82, 2.24) is 0 Å². The minimum absolute atomic E-state index is 0.213. The molecule has 1 fully saturated rings. The molecule has 2 N–H and O–H groups in total. The monoisotopic (exact) mass is 191 g/mol. The molecule has 1 saturated heterocycles. The van der Waals surface area contributed by atoms with Gasteiger partial charge in [0.25, 0.3) is 0 Å². The van der Waals surface area contributed by atoms with Crippen molar-refractivity contribution in [1.29, 1.82) is 0 Å². The van der Waals surface area contributed by atoms with E-state index in [0.717, 1.165) is 12.2 Å². The molecular weight excluding hydrogens is 173 g/mol. The van der Waals surface area contributed by atoms with Crippen LogP contribution in [0.5, 0.6) is 0 Å². The lowest BCUT2D eigenvalue weighted by Crippen LogP contribution is -2.25. The Labute approximate surface area is 78.3 Å². The van der Waals surface area contributed by atoms with Gasteiger partial charge in [0.15, 0.2) is 0 Å². The zero-order chi connectivity index (χ0) is 8.97. The third-order valence-electron chi connectivity index (χ3n) is 2.66. The summed E-state index contributed by atoms with van der Waals surface area (Å²) in [5.41, 5.74) is 5.46.